The number of nitrogens with one attached hydrogen (secondary N) is 1. The zero-order valence-electron chi connectivity index (χ0n) is 19.1. The summed E-state index contributed by atoms with van der Waals surface area (Å²) in [5.41, 5.74) is -0.380. The molecule has 0 unspecified atom stereocenters. The smallest absolute Gasteiger partial charge is 0.343 e. The summed E-state index contributed by atoms with van der Waals surface area (Å²) >= 11 is 9.53. The summed E-state index contributed by atoms with van der Waals surface area (Å²) < 4.78 is 12.1. The third kappa shape index (κ3) is 7.52. The van der Waals surface area contributed by atoms with Gasteiger partial charge in [0.2, 0.25) is 5.78 Å². The Morgan fingerprint density at radius 2 is 1.80 bits per heavy atom. The predicted octanol–water partition coefficient (Wildman–Crippen LogP) is 6.12. The molecule has 0 amide bonds. The van der Waals surface area contributed by atoms with E-state index in [4.69, 9.17) is 20.8 Å². The van der Waals surface area contributed by atoms with Crippen molar-refractivity contribution in [3.05, 3.63) is 45.0 Å². The number of benzene rings is 1. The van der Waals surface area contributed by atoms with Crippen LogP contribution in [0, 0.1) is 0 Å². The SMILES string of the molecule is CCOC(=O)/C(=C\NC(C)(C)CO[Si](C)(C)C(C)(C)C)C(=O)c1ccc(Br)cc1Cl. The summed E-state index contributed by atoms with van der Waals surface area (Å²) in [4.78, 5) is 25.5. The number of halogens is 2. The fraction of sp³-hybridized carbons (Fsp3) is 0.545. The van der Waals surface area contributed by atoms with Gasteiger partial charge in [-0.2, -0.15) is 0 Å². The third-order valence-corrected chi connectivity index (χ3v) is 10.4. The second-order valence-corrected chi connectivity index (χ2v) is 15.4. The normalized spacial score (nSPS) is 13.2. The molecule has 0 atom stereocenters. The highest BCUT2D eigenvalue weighted by Crippen LogP contribution is 2.37. The van der Waals surface area contributed by atoms with Crippen LogP contribution in [0.25, 0.3) is 0 Å². The minimum atomic E-state index is -1.93. The minimum Gasteiger partial charge on any atom is -0.462 e. The van der Waals surface area contributed by atoms with Crippen molar-refractivity contribution in [3.8, 4) is 0 Å². The van der Waals surface area contributed by atoms with E-state index in [-0.39, 0.29) is 27.8 Å². The van der Waals surface area contributed by atoms with Gasteiger partial charge in [-0.25, -0.2) is 4.79 Å². The number of ketones is 1. The molecule has 5 nitrogen and oxygen atoms in total. The lowest BCUT2D eigenvalue weighted by Gasteiger charge is -2.39. The fourth-order valence-electron chi connectivity index (χ4n) is 2.13. The lowest BCUT2D eigenvalue weighted by Crippen LogP contribution is -2.48. The van der Waals surface area contributed by atoms with E-state index in [1.165, 1.54) is 6.20 Å². The van der Waals surface area contributed by atoms with Crippen LogP contribution < -0.4 is 5.32 Å². The van der Waals surface area contributed by atoms with Gasteiger partial charge in [0.15, 0.2) is 8.32 Å². The quantitative estimate of drug-likeness (QED) is 0.106. The first-order chi connectivity index (χ1) is 13.6. The van der Waals surface area contributed by atoms with Crippen LogP contribution in [0.15, 0.2) is 34.4 Å². The summed E-state index contributed by atoms with van der Waals surface area (Å²) in [5.74, 6) is -1.20. The van der Waals surface area contributed by atoms with E-state index in [0.29, 0.717) is 6.61 Å². The maximum absolute atomic E-state index is 13.0. The Labute approximate surface area is 194 Å². The Kier molecular flexibility index (Phi) is 9.35. The number of hydrogen-bond donors (Lipinski definition) is 1. The predicted molar refractivity (Wildman–Crippen MR) is 129 cm³/mol. The second-order valence-electron chi connectivity index (χ2n) is 9.31. The average Bonchev–Trinajstić information content (AvgIpc) is 2.59. The molecule has 0 heterocycles. The molecule has 0 radical (unpaired) electrons. The highest BCUT2D eigenvalue weighted by molar-refractivity contribution is 9.10. The van der Waals surface area contributed by atoms with E-state index in [0.717, 1.165) is 4.47 Å². The summed E-state index contributed by atoms with van der Waals surface area (Å²) in [6, 6.07) is 4.89. The Morgan fingerprint density at radius 1 is 1.20 bits per heavy atom. The molecule has 1 N–H and O–H groups in total. The van der Waals surface area contributed by atoms with Gasteiger partial charge in [-0.05, 0) is 57.1 Å². The van der Waals surface area contributed by atoms with Crippen molar-refractivity contribution in [2.45, 2.75) is 65.2 Å². The number of esters is 1. The number of hydrogen-bond acceptors (Lipinski definition) is 5. The first-order valence-electron chi connectivity index (χ1n) is 9.90. The van der Waals surface area contributed by atoms with E-state index in [1.54, 1.807) is 25.1 Å². The van der Waals surface area contributed by atoms with E-state index in [9.17, 15) is 9.59 Å². The van der Waals surface area contributed by atoms with Crippen molar-refractivity contribution in [1.29, 1.82) is 0 Å². The van der Waals surface area contributed by atoms with Gasteiger partial charge in [-0.3, -0.25) is 4.79 Å². The molecule has 0 spiro atoms. The Morgan fingerprint density at radius 3 is 2.30 bits per heavy atom. The van der Waals surface area contributed by atoms with Crippen molar-refractivity contribution in [2.75, 3.05) is 13.2 Å². The van der Waals surface area contributed by atoms with Gasteiger partial charge in [-0.1, -0.05) is 48.3 Å². The first-order valence-corrected chi connectivity index (χ1v) is 14.0. The molecule has 1 aromatic rings. The Balaban J connectivity index is 3.11. The highest BCUT2D eigenvalue weighted by Gasteiger charge is 2.38. The standard InChI is InChI=1S/C22H33BrClNO4Si/c1-9-28-20(27)17(19(26)16-11-10-15(23)12-18(16)24)13-25-22(5,6)14-29-30(7,8)21(2,3)4/h10-13,25H,9,14H2,1-8H3/b17-13-. The van der Waals surface area contributed by atoms with Crippen LogP contribution in [0.5, 0.6) is 0 Å². The van der Waals surface area contributed by atoms with Crippen molar-refractivity contribution in [1.82, 2.24) is 5.32 Å². The molecular weight excluding hydrogens is 486 g/mol. The van der Waals surface area contributed by atoms with E-state index < -0.39 is 25.6 Å². The molecule has 8 heteroatoms. The van der Waals surface area contributed by atoms with Crippen LogP contribution >= 0.6 is 27.5 Å². The number of ether oxygens (including phenoxy) is 1. The molecule has 0 saturated heterocycles. The molecule has 168 valence electrons. The van der Waals surface area contributed by atoms with Crippen LogP contribution in [0.4, 0.5) is 0 Å². The first kappa shape index (κ1) is 26.9. The summed E-state index contributed by atoms with van der Waals surface area (Å²) in [7, 11) is -1.93. The fourth-order valence-corrected chi connectivity index (χ4v) is 4.05. The third-order valence-electron chi connectivity index (χ3n) is 5.12. The number of Topliss-reactive ketones (excluding diaryl/α,β-unsaturated/α-hetero) is 1. The Bertz CT molecular complexity index is 816. The molecular formula is C22H33BrClNO4Si. The second kappa shape index (κ2) is 10.4. The zero-order valence-corrected chi connectivity index (χ0v) is 22.5. The van der Waals surface area contributed by atoms with Gasteiger partial charge < -0.3 is 14.5 Å². The topological polar surface area (TPSA) is 64.6 Å². The molecule has 1 aromatic carbocycles. The molecule has 0 aliphatic heterocycles. The maximum Gasteiger partial charge on any atom is 0.343 e. The molecule has 0 aliphatic carbocycles. The largest absolute Gasteiger partial charge is 0.462 e. The lowest BCUT2D eigenvalue weighted by molar-refractivity contribution is -0.138. The van der Waals surface area contributed by atoms with Gasteiger partial charge >= 0.3 is 5.97 Å². The summed E-state index contributed by atoms with van der Waals surface area (Å²) in [5, 5.41) is 3.51. The number of carbonyl (C=O) groups excluding carboxylic acids is 2. The van der Waals surface area contributed by atoms with Crippen LogP contribution in [0.2, 0.25) is 23.2 Å². The van der Waals surface area contributed by atoms with Crippen molar-refractivity contribution >= 4 is 47.6 Å². The van der Waals surface area contributed by atoms with Gasteiger partial charge in [-0.15, -0.1) is 0 Å². The van der Waals surface area contributed by atoms with Crippen LogP contribution in [0.3, 0.4) is 0 Å². The summed E-state index contributed by atoms with van der Waals surface area (Å²) in [6.45, 7) is 17.1. The van der Waals surface area contributed by atoms with Crippen molar-refractivity contribution < 1.29 is 18.8 Å². The maximum atomic E-state index is 13.0. The number of rotatable bonds is 9. The van der Waals surface area contributed by atoms with Gasteiger partial charge in [0.05, 0.1) is 23.8 Å². The van der Waals surface area contributed by atoms with Crippen LogP contribution in [0.1, 0.15) is 51.9 Å². The van der Waals surface area contributed by atoms with Gasteiger partial charge in [0, 0.05) is 16.2 Å². The molecule has 30 heavy (non-hydrogen) atoms. The van der Waals surface area contributed by atoms with E-state index >= 15 is 0 Å². The Hall–Kier alpha value is -1.15. The van der Waals surface area contributed by atoms with Crippen molar-refractivity contribution in [2.24, 2.45) is 0 Å². The zero-order chi connectivity index (χ0) is 23.3. The number of carbonyl (C=O) groups is 2. The van der Waals surface area contributed by atoms with E-state index in [2.05, 4.69) is 55.1 Å². The van der Waals surface area contributed by atoms with Crippen molar-refractivity contribution in [3.63, 3.8) is 0 Å². The van der Waals surface area contributed by atoms with Gasteiger partial charge in [0.1, 0.15) is 5.57 Å². The van der Waals surface area contributed by atoms with Gasteiger partial charge in [0.25, 0.3) is 0 Å². The monoisotopic (exact) mass is 517 g/mol. The minimum absolute atomic E-state index is 0.0866. The van der Waals surface area contributed by atoms with Crippen LogP contribution in [-0.2, 0) is 14.0 Å². The lowest BCUT2D eigenvalue weighted by atomic mass is 10.0. The van der Waals surface area contributed by atoms with Crippen LogP contribution in [-0.4, -0.2) is 38.8 Å². The molecule has 1 rings (SSSR count). The highest BCUT2D eigenvalue weighted by atomic mass is 79.9. The average molecular weight is 519 g/mol. The summed E-state index contributed by atoms with van der Waals surface area (Å²) in [6.07, 6.45) is 1.41. The molecule has 0 bridgehead atoms. The molecule has 0 saturated carbocycles. The molecule has 0 fully saturated rings. The molecule has 0 aromatic heterocycles. The molecule has 0 aliphatic rings. The van der Waals surface area contributed by atoms with E-state index in [1.807, 2.05) is 13.8 Å².